The molecular formula is C24H29N3O4. The third kappa shape index (κ3) is 4.04. The molecule has 0 bridgehead atoms. The Kier molecular flexibility index (Phi) is 5.76. The number of urea groups is 1. The minimum absolute atomic E-state index is 0.0306. The lowest BCUT2D eigenvalue weighted by Gasteiger charge is -2.36. The van der Waals surface area contributed by atoms with Crippen molar-refractivity contribution in [2.24, 2.45) is 0 Å². The van der Waals surface area contributed by atoms with E-state index in [-0.39, 0.29) is 24.0 Å². The molecule has 0 aliphatic carbocycles. The number of ether oxygens (including phenoxy) is 2. The zero-order valence-corrected chi connectivity index (χ0v) is 18.5. The Labute approximate surface area is 182 Å². The third-order valence-corrected chi connectivity index (χ3v) is 6.24. The van der Waals surface area contributed by atoms with Crippen LogP contribution in [0.1, 0.15) is 36.1 Å². The zero-order valence-electron chi connectivity index (χ0n) is 18.5. The molecule has 2 heterocycles. The van der Waals surface area contributed by atoms with Crippen molar-refractivity contribution >= 4 is 17.6 Å². The molecule has 31 heavy (non-hydrogen) atoms. The molecular weight excluding hydrogens is 394 g/mol. The summed E-state index contributed by atoms with van der Waals surface area (Å²) in [5.74, 6) is 1.39. The first kappa shape index (κ1) is 21.0. The summed E-state index contributed by atoms with van der Waals surface area (Å²) in [6.07, 6.45) is 1.05. The van der Waals surface area contributed by atoms with Gasteiger partial charge in [-0.05, 0) is 55.7 Å². The lowest BCUT2D eigenvalue weighted by atomic mass is 9.93. The highest BCUT2D eigenvalue weighted by molar-refractivity contribution is 5.96. The van der Waals surface area contributed by atoms with Gasteiger partial charge >= 0.3 is 6.03 Å². The monoisotopic (exact) mass is 423 g/mol. The molecule has 0 unspecified atom stereocenters. The second-order valence-electron chi connectivity index (χ2n) is 8.22. The van der Waals surface area contributed by atoms with E-state index in [1.807, 2.05) is 55.1 Å². The maximum Gasteiger partial charge on any atom is 0.318 e. The average Bonchev–Trinajstić information content (AvgIpc) is 3.13. The minimum Gasteiger partial charge on any atom is -0.493 e. The van der Waals surface area contributed by atoms with Crippen LogP contribution in [0, 0.1) is 6.92 Å². The van der Waals surface area contributed by atoms with Crippen molar-refractivity contribution in [1.82, 2.24) is 10.2 Å². The van der Waals surface area contributed by atoms with Gasteiger partial charge in [0.1, 0.15) is 0 Å². The summed E-state index contributed by atoms with van der Waals surface area (Å²) in [5.41, 5.74) is 4.24. The summed E-state index contributed by atoms with van der Waals surface area (Å²) in [7, 11) is 3.23. The lowest BCUT2D eigenvalue weighted by molar-refractivity contribution is -0.117. The van der Waals surface area contributed by atoms with Gasteiger partial charge in [0.25, 0.3) is 0 Å². The van der Waals surface area contributed by atoms with Crippen molar-refractivity contribution < 1.29 is 19.1 Å². The predicted octanol–water partition coefficient (Wildman–Crippen LogP) is 3.45. The summed E-state index contributed by atoms with van der Waals surface area (Å²) in [6.45, 7) is 5.12. The van der Waals surface area contributed by atoms with Crippen LogP contribution in [0.5, 0.6) is 11.5 Å². The normalized spacial score (nSPS) is 20.5. The smallest absolute Gasteiger partial charge is 0.318 e. The Bertz CT molecular complexity index is 989. The van der Waals surface area contributed by atoms with E-state index in [0.29, 0.717) is 31.0 Å². The van der Waals surface area contributed by atoms with Crippen LogP contribution >= 0.6 is 0 Å². The standard InChI is InChI=1S/C24H29N3O4/c1-15-5-7-19(8-6-15)27-14-18(12-23(27)28)25-24(29)26-10-9-17-11-21(30-3)22(31-4)13-20(17)16(26)2/h5-8,11,13,16,18H,9-10,12,14H2,1-4H3,(H,25,29)/t16-,18-/m1/s1. The molecule has 0 saturated carbocycles. The van der Waals surface area contributed by atoms with Crippen LogP contribution in [0.4, 0.5) is 10.5 Å². The highest BCUT2D eigenvalue weighted by Gasteiger charge is 2.35. The predicted molar refractivity (Wildman–Crippen MR) is 119 cm³/mol. The van der Waals surface area contributed by atoms with E-state index in [4.69, 9.17) is 9.47 Å². The maximum absolute atomic E-state index is 13.1. The lowest BCUT2D eigenvalue weighted by Crippen LogP contribution is -2.48. The number of hydrogen-bond acceptors (Lipinski definition) is 4. The van der Waals surface area contributed by atoms with Gasteiger partial charge in [-0.1, -0.05) is 17.7 Å². The number of nitrogens with one attached hydrogen (secondary N) is 1. The second kappa shape index (κ2) is 8.49. The summed E-state index contributed by atoms with van der Waals surface area (Å²) in [4.78, 5) is 29.2. The van der Waals surface area contributed by atoms with Crippen LogP contribution in [0.3, 0.4) is 0 Å². The van der Waals surface area contributed by atoms with E-state index in [1.165, 1.54) is 0 Å². The Morgan fingerprint density at radius 1 is 1.10 bits per heavy atom. The first-order valence-electron chi connectivity index (χ1n) is 10.6. The molecule has 0 aromatic heterocycles. The summed E-state index contributed by atoms with van der Waals surface area (Å²) in [6, 6.07) is 11.4. The number of rotatable bonds is 4. The van der Waals surface area contributed by atoms with Gasteiger partial charge in [-0.15, -0.1) is 0 Å². The molecule has 2 aliphatic rings. The molecule has 7 nitrogen and oxygen atoms in total. The number of amides is 3. The van der Waals surface area contributed by atoms with E-state index >= 15 is 0 Å². The first-order valence-corrected chi connectivity index (χ1v) is 10.6. The number of nitrogens with zero attached hydrogens (tertiary/aromatic N) is 2. The topological polar surface area (TPSA) is 71.1 Å². The molecule has 3 amide bonds. The fourth-order valence-electron chi connectivity index (χ4n) is 4.46. The van der Waals surface area contributed by atoms with Crippen LogP contribution in [-0.4, -0.2) is 50.2 Å². The number of methoxy groups -OCH3 is 2. The third-order valence-electron chi connectivity index (χ3n) is 6.24. The van der Waals surface area contributed by atoms with Crippen molar-refractivity contribution in [1.29, 1.82) is 0 Å². The Morgan fingerprint density at radius 2 is 1.77 bits per heavy atom. The Balaban J connectivity index is 1.45. The van der Waals surface area contributed by atoms with E-state index in [1.54, 1.807) is 19.1 Å². The highest BCUT2D eigenvalue weighted by Crippen LogP contribution is 2.38. The van der Waals surface area contributed by atoms with Gasteiger partial charge < -0.3 is 24.6 Å². The number of fused-ring (bicyclic) bond motifs is 1. The molecule has 2 aromatic carbocycles. The molecule has 1 fully saturated rings. The maximum atomic E-state index is 13.1. The minimum atomic E-state index is -0.208. The van der Waals surface area contributed by atoms with Crippen molar-refractivity contribution in [2.45, 2.75) is 38.8 Å². The van der Waals surface area contributed by atoms with Crippen molar-refractivity contribution in [3.8, 4) is 11.5 Å². The van der Waals surface area contributed by atoms with Gasteiger partial charge in [0, 0.05) is 25.2 Å². The molecule has 4 rings (SSSR count). The van der Waals surface area contributed by atoms with Gasteiger partial charge in [0.15, 0.2) is 11.5 Å². The molecule has 164 valence electrons. The number of carbonyl (C=O) groups excluding carboxylic acids is 2. The first-order chi connectivity index (χ1) is 14.9. The molecule has 1 saturated heterocycles. The molecule has 2 aromatic rings. The Morgan fingerprint density at radius 3 is 2.45 bits per heavy atom. The largest absolute Gasteiger partial charge is 0.493 e. The highest BCUT2D eigenvalue weighted by atomic mass is 16.5. The van der Waals surface area contributed by atoms with E-state index in [2.05, 4.69) is 5.32 Å². The fraction of sp³-hybridized carbons (Fsp3) is 0.417. The van der Waals surface area contributed by atoms with Crippen LogP contribution < -0.4 is 19.7 Å². The van der Waals surface area contributed by atoms with Gasteiger partial charge in [-0.2, -0.15) is 0 Å². The molecule has 2 atom stereocenters. The quantitative estimate of drug-likeness (QED) is 0.818. The molecule has 0 spiro atoms. The fourth-order valence-corrected chi connectivity index (χ4v) is 4.46. The summed E-state index contributed by atoms with van der Waals surface area (Å²) >= 11 is 0. The summed E-state index contributed by atoms with van der Waals surface area (Å²) in [5, 5.41) is 3.07. The van der Waals surface area contributed by atoms with Crippen LogP contribution in [0.2, 0.25) is 0 Å². The molecule has 1 N–H and O–H groups in total. The summed E-state index contributed by atoms with van der Waals surface area (Å²) < 4.78 is 10.8. The number of aryl methyl sites for hydroxylation is 1. The van der Waals surface area contributed by atoms with Crippen LogP contribution in [0.25, 0.3) is 0 Å². The van der Waals surface area contributed by atoms with Crippen LogP contribution in [0.15, 0.2) is 36.4 Å². The van der Waals surface area contributed by atoms with Crippen LogP contribution in [-0.2, 0) is 11.2 Å². The van der Waals surface area contributed by atoms with Crippen molar-refractivity contribution in [3.05, 3.63) is 53.1 Å². The average molecular weight is 424 g/mol. The van der Waals surface area contributed by atoms with Crippen molar-refractivity contribution in [3.63, 3.8) is 0 Å². The van der Waals surface area contributed by atoms with Gasteiger partial charge in [0.05, 0.1) is 26.3 Å². The van der Waals surface area contributed by atoms with Crippen molar-refractivity contribution in [2.75, 3.05) is 32.2 Å². The van der Waals surface area contributed by atoms with E-state index in [0.717, 1.165) is 28.8 Å². The van der Waals surface area contributed by atoms with E-state index < -0.39 is 0 Å². The SMILES string of the molecule is COc1cc2c(cc1OC)[C@@H](C)N(C(=O)N[C@@H]1CC(=O)N(c3ccc(C)cc3)C1)CC2. The second-order valence-corrected chi connectivity index (χ2v) is 8.22. The Hall–Kier alpha value is -3.22. The number of carbonyl (C=O) groups is 2. The molecule has 2 aliphatic heterocycles. The molecule has 7 heteroatoms. The zero-order chi connectivity index (χ0) is 22.1. The van der Waals surface area contributed by atoms with Gasteiger partial charge in [0.2, 0.25) is 5.91 Å². The number of anilines is 1. The van der Waals surface area contributed by atoms with Gasteiger partial charge in [-0.25, -0.2) is 4.79 Å². The van der Waals surface area contributed by atoms with Gasteiger partial charge in [-0.3, -0.25) is 4.79 Å². The van der Waals surface area contributed by atoms with E-state index in [9.17, 15) is 9.59 Å². The molecule has 0 radical (unpaired) electrons. The number of hydrogen-bond donors (Lipinski definition) is 1. The number of benzene rings is 2.